The molecule has 0 aromatic rings. The molecule has 110 valence electrons. The van der Waals surface area contributed by atoms with Crippen LogP contribution in [-0.4, -0.2) is 25.5 Å². The Morgan fingerprint density at radius 3 is 2.37 bits per heavy atom. The summed E-state index contributed by atoms with van der Waals surface area (Å²) in [5, 5.41) is 0. The van der Waals surface area contributed by atoms with Gasteiger partial charge in [-0.1, -0.05) is 12.8 Å². The number of rotatable bonds is 3. The molecule has 2 aliphatic carbocycles. The Balaban J connectivity index is 2.11. The van der Waals surface area contributed by atoms with E-state index in [-0.39, 0.29) is 17.5 Å². The molecular formula is C15H28O3Si. The van der Waals surface area contributed by atoms with Crippen LogP contribution < -0.4 is 0 Å². The van der Waals surface area contributed by atoms with Crippen molar-refractivity contribution in [2.75, 3.05) is 0 Å². The van der Waals surface area contributed by atoms with Gasteiger partial charge in [0.2, 0.25) is 0 Å². The summed E-state index contributed by atoms with van der Waals surface area (Å²) in [6, 6.07) is 0. The van der Waals surface area contributed by atoms with Gasteiger partial charge in [0.1, 0.15) is 5.60 Å². The first-order valence-corrected chi connectivity index (χ1v) is 10.9. The largest absolute Gasteiger partial charge is 0.460 e. The average Bonchev–Trinajstić information content (AvgIpc) is 2.79. The van der Waals surface area contributed by atoms with Crippen LogP contribution in [0.2, 0.25) is 19.6 Å². The molecule has 0 bridgehead atoms. The van der Waals surface area contributed by atoms with Gasteiger partial charge in [0.05, 0.1) is 11.5 Å². The Bertz CT molecular complexity index is 367. The topological polar surface area (TPSA) is 35.5 Å². The third-order valence-electron chi connectivity index (χ3n) is 3.94. The molecule has 3 nitrogen and oxygen atoms in total. The van der Waals surface area contributed by atoms with E-state index in [2.05, 4.69) is 19.6 Å². The number of hydrogen-bond donors (Lipinski definition) is 0. The van der Waals surface area contributed by atoms with Gasteiger partial charge in [-0.2, -0.15) is 0 Å². The molecule has 3 atom stereocenters. The number of carbonyl (C=O) groups is 1. The second kappa shape index (κ2) is 4.59. The van der Waals surface area contributed by atoms with Crippen LogP contribution in [0.15, 0.2) is 0 Å². The summed E-state index contributed by atoms with van der Waals surface area (Å²) in [7, 11) is -1.63. The predicted molar refractivity (Wildman–Crippen MR) is 78.5 cm³/mol. The fraction of sp³-hybridized carbons (Fsp3) is 0.933. The molecule has 0 heterocycles. The first-order valence-electron chi connectivity index (χ1n) is 7.48. The molecule has 0 aliphatic heterocycles. The minimum Gasteiger partial charge on any atom is -0.460 e. The highest BCUT2D eigenvalue weighted by Gasteiger charge is 2.71. The van der Waals surface area contributed by atoms with Crippen LogP contribution in [0.5, 0.6) is 0 Å². The molecule has 0 radical (unpaired) electrons. The van der Waals surface area contributed by atoms with E-state index < -0.39 is 13.9 Å². The first-order chi connectivity index (χ1) is 8.55. The Kier molecular flexibility index (Phi) is 3.63. The molecule has 0 aromatic heterocycles. The van der Waals surface area contributed by atoms with Gasteiger partial charge < -0.3 is 9.16 Å². The van der Waals surface area contributed by atoms with Gasteiger partial charge in [0.15, 0.2) is 8.32 Å². The molecule has 2 aliphatic rings. The fourth-order valence-electron chi connectivity index (χ4n) is 3.50. The fourth-order valence-corrected chi connectivity index (χ4v) is 5.02. The summed E-state index contributed by atoms with van der Waals surface area (Å²) in [4.78, 5) is 12.4. The van der Waals surface area contributed by atoms with Crippen LogP contribution in [0, 0.1) is 11.8 Å². The van der Waals surface area contributed by atoms with Crippen molar-refractivity contribution >= 4 is 14.3 Å². The van der Waals surface area contributed by atoms with Crippen molar-refractivity contribution < 1.29 is 14.0 Å². The third-order valence-corrected chi connectivity index (χ3v) is 4.93. The van der Waals surface area contributed by atoms with E-state index in [0.29, 0.717) is 5.92 Å². The van der Waals surface area contributed by atoms with Gasteiger partial charge in [-0.05, 0) is 53.3 Å². The summed E-state index contributed by atoms with van der Waals surface area (Å²) in [6.07, 6.45) is 4.56. The van der Waals surface area contributed by atoms with Gasteiger partial charge in [0.25, 0.3) is 0 Å². The second-order valence-corrected chi connectivity index (χ2v) is 12.5. The highest BCUT2D eigenvalue weighted by molar-refractivity contribution is 6.69. The molecule has 4 heteroatoms. The molecule has 2 rings (SSSR count). The molecule has 0 spiro atoms. The lowest BCUT2D eigenvalue weighted by molar-refractivity contribution is -0.158. The lowest BCUT2D eigenvalue weighted by Gasteiger charge is -2.30. The number of carbonyl (C=O) groups excluding carboxylic acids is 1. The Labute approximate surface area is 118 Å². The van der Waals surface area contributed by atoms with Crippen molar-refractivity contribution in [1.82, 2.24) is 0 Å². The van der Waals surface area contributed by atoms with Crippen molar-refractivity contribution in [3.05, 3.63) is 0 Å². The Morgan fingerprint density at radius 1 is 1.21 bits per heavy atom. The molecule has 0 N–H and O–H groups in total. The molecule has 0 aromatic carbocycles. The van der Waals surface area contributed by atoms with Gasteiger partial charge >= 0.3 is 5.97 Å². The van der Waals surface area contributed by atoms with Crippen LogP contribution in [0.25, 0.3) is 0 Å². The minimum atomic E-state index is -1.63. The quantitative estimate of drug-likeness (QED) is 0.585. The molecule has 0 saturated heterocycles. The van der Waals surface area contributed by atoms with Gasteiger partial charge in [-0.3, -0.25) is 4.79 Å². The Morgan fingerprint density at radius 2 is 1.84 bits per heavy atom. The number of fused-ring (bicyclic) bond motifs is 1. The summed E-state index contributed by atoms with van der Waals surface area (Å²) in [6.45, 7) is 12.4. The average molecular weight is 284 g/mol. The molecule has 19 heavy (non-hydrogen) atoms. The molecule has 2 saturated carbocycles. The Hall–Kier alpha value is -0.353. The highest BCUT2D eigenvalue weighted by atomic mass is 28.4. The van der Waals surface area contributed by atoms with Crippen LogP contribution >= 0.6 is 0 Å². The first kappa shape index (κ1) is 15.0. The molecule has 2 fully saturated rings. The van der Waals surface area contributed by atoms with E-state index in [1.54, 1.807) is 0 Å². The normalized spacial score (nSPS) is 34.6. The SMILES string of the molecule is CC(C)(C)OC(=O)[C@H]1[C@H]2CCCC[C@]21O[Si](C)(C)C. The zero-order chi connectivity index (χ0) is 14.5. The summed E-state index contributed by atoms with van der Waals surface area (Å²) in [5.41, 5.74) is -0.575. The molecule has 0 amide bonds. The van der Waals surface area contributed by atoms with Crippen molar-refractivity contribution in [3.63, 3.8) is 0 Å². The van der Waals surface area contributed by atoms with E-state index in [1.807, 2.05) is 20.8 Å². The standard InChI is InChI=1S/C15H28O3Si/c1-14(2,3)17-13(16)12-11-9-7-8-10-15(11,12)18-19(4,5)6/h11-12H,7-10H2,1-6H3/t11-,12-,15+/m1/s1. The summed E-state index contributed by atoms with van der Waals surface area (Å²) >= 11 is 0. The van der Waals surface area contributed by atoms with E-state index in [0.717, 1.165) is 12.8 Å². The second-order valence-electron chi connectivity index (χ2n) is 8.03. The number of ether oxygens (including phenoxy) is 1. The smallest absolute Gasteiger partial charge is 0.312 e. The molecule has 0 unspecified atom stereocenters. The highest BCUT2D eigenvalue weighted by Crippen LogP contribution is 2.63. The van der Waals surface area contributed by atoms with Crippen molar-refractivity contribution in [3.8, 4) is 0 Å². The molecular weight excluding hydrogens is 256 g/mol. The summed E-state index contributed by atoms with van der Waals surface area (Å²) in [5.74, 6) is 0.349. The van der Waals surface area contributed by atoms with Crippen LogP contribution in [0.3, 0.4) is 0 Å². The number of hydrogen-bond acceptors (Lipinski definition) is 3. The monoisotopic (exact) mass is 284 g/mol. The maximum Gasteiger partial charge on any atom is 0.312 e. The van der Waals surface area contributed by atoms with Crippen molar-refractivity contribution in [1.29, 1.82) is 0 Å². The van der Waals surface area contributed by atoms with Gasteiger partial charge in [0, 0.05) is 5.92 Å². The van der Waals surface area contributed by atoms with Crippen molar-refractivity contribution in [2.24, 2.45) is 11.8 Å². The van der Waals surface area contributed by atoms with E-state index in [4.69, 9.17) is 9.16 Å². The van der Waals surface area contributed by atoms with E-state index in [9.17, 15) is 4.79 Å². The summed E-state index contributed by atoms with van der Waals surface area (Å²) < 4.78 is 12.0. The van der Waals surface area contributed by atoms with Crippen LogP contribution in [0.4, 0.5) is 0 Å². The van der Waals surface area contributed by atoms with Crippen molar-refractivity contribution in [2.45, 2.75) is 77.3 Å². The van der Waals surface area contributed by atoms with Gasteiger partial charge in [-0.25, -0.2) is 0 Å². The van der Waals surface area contributed by atoms with E-state index in [1.165, 1.54) is 12.8 Å². The lowest BCUT2D eigenvalue weighted by Crippen LogP contribution is -2.38. The lowest BCUT2D eigenvalue weighted by atomic mass is 9.98. The zero-order valence-electron chi connectivity index (χ0n) is 13.2. The van der Waals surface area contributed by atoms with Crippen LogP contribution in [0.1, 0.15) is 46.5 Å². The zero-order valence-corrected chi connectivity index (χ0v) is 14.2. The third kappa shape index (κ3) is 3.22. The number of esters is 1. The maximum atomic E-state index is 12.4. The van der Waals surface area contributed by atoms with Crippen LogP contribution in [-0.2, 0) is 14.0 Å². The van der Waals surface area contributed by atoms with Gasteiger partial charge in [-0.15, -0.1) is 0 Å². The minimum absolute atomic E-state index is 0.0130. The van der Waals surface area contributed by atoms with E-state index >= 15 is 0 Å². The maximum absolute atomic E-state index is 12.4. The predicted octanol–water partition coefficient (Wildman–Crippen LogP) is 3.74.